The minimum absolute atomic E-state index is 0.215. The van der Waals surface area contributed by atoms with Gasteiger partial charge in [-0.25, -0.2) is 4.98 Å². The number of aromatic nitrogens is 1. The molecule has 162 valence electrons. The monoisotopic (exact) mass is 429 g/mol. The zero-order chi connectivity index (χ0) is 21.9. The highest BCUT2D eigenvalue weighted by Gasteiger charge is 2.45. The van der Waals surface area contributed by atoms with Gasteiger partial charge < -0.3 is 14.9 Å². The first kappa shape index (κ1) is 21.0. The lowest BCUT2D eigenvalue weighted by Gasteiger charge is -2.44. The fourth-order valence-electron chi connectivity index (χ4n) is 4.21. The van der Waals surface area contributed by atoms with E-state index in [1.165, 1.54) is 12.5 Å². The molecule has 1 aromatic heterocycles. The summed E-state index contributed by atoms with van der Waals surface area (Å²) in [4.78, 5) is 3.91. The number of nitrogens with one attached hydrogen (secondary N) is 1. The van der Waals surface area contributed by atoms with E-state index in [4.69, 9.17) is 4.42 Å². The van der Waals surface area contributed by atoms with E-state index in [1.807, 2.05) is 24.3 Å². The number of alkyl halides is 3. The summed E-state index contributed by atoms with van der Waals surface area (Å²) >= 11 is 0. The Morgan fingerprint density at radius 1 is 1.16 bits per heavy atom. The molecule has 1 saturated carbocycles. The Balaban J connectivity index is 1.50. The number of hydrogen-bond acceptors (Lipinski definition) is 5. The molecule has 1 heterocycles. The third-order valence-electron chi connectivity index (χ3n) is 5.87. The molecule has 2 aromatic carbocycles. The maximum Gasteiger partial charge on any atom is 0.416 e. The predicted octanol–water partition coefficient (Wildman–Crippen LogP) is 6.11. The normalized spacial score (nSPS) is 16.0. The molecule has 5 nitrogen and oxygen atoms in total. The zero-order valence-corrected chi connectivity index (χ0v) is 16.7. The van der Waals surface area contributed by atoms with E-state index in [1.54, 1.807) is 18.3 Å². The van der Waals surface area contributed by atoms with Gasteiger partial charge in [0, 0.05) is 23.1 Å². The maximum atomic E-state index is 13.6. The molecule has 0 radical (unpaired) electrons. The highest BCUT2D eigenvalue weighted by atomic mass is 19.4. The van der Waals surface area contributed by atoms with Crippen LogP contribution >= 0.6 is 0 Å². The first-order valence-electron chi connectivity index (χ1n) is 10.0. The van der Waals surface area contributed by atoms with Gasteiger partial charge in [-0.1, -0.05) is 41.9 Å². The van der Waals surface area contributed by atoms with E-state index in [2.05, 4.69) is 15.5 Å². The van der Waals surface area contributed by atoms with Gasteiger partial charge in [0.05, 0.1) is 24.0 Å². The minimum Gasteiger partial charge on any atom is -0.444 e. The molecule has 0 bridgehead atoms. The highest BCUT2D eigenvalue weighted by Crippen LogP contribution is 2.50. The van der Waals surface area contributed by atoms with E-state index < -0.39 is 17.2 Å². The van der Waals surface area contributed by atoms with Crippen LogP contribution < -0.4 is 5.32 Å². The Labute approximate surface area is 177 Å². The van der Waals surface area contributed by atoms with Crippen LogP contribution in [0.25, 0.3) is 11.3 Å². The molecule has 1 aliphatic rings. The summed E-state index contributed by atoms with van der Waals surface area (Å²) in [5.41, 5.74) is 1.01. The lowest BCUT2D eigenvalue weighted by atomic mass is 9.60. The Morgan fingerprint density at radius 3 is 2.61 bits per heavy atom. The van der Waals surface area contributed by atoms with Crippen LogP contribution in [0.2, 0.25) is 0 Å². The molecule has 0 unspecified atom stereocenters. The summed E-state index contributed by atoms with van der Waals surface area (Å²) in [7, 11) is 0. The lowest BCUT2D eigenvalue weighted by molar-refractivity contribution is -0.139. The van der Waals surface area contributed by atoms with Crippen LogP contribution in [0.4, 0.5) is 18.9 Å². The molecule has 8 heteroatoms. The van der Waals surface area contributed by atoms with Gasteiger partial charge in [0.2, 0.25) is 0 Å². The number of benzene rings is 2. The van der Waals surface area contributed by atoms with Crippen LogP contribution in [0.1, 0.15) is 36.8 Å². The molecule has 3 aromatic rings. The summed E-state index contributed by atoms with van der Waals surface area (Å²) in [5.74, 6) is 0.622. The van der Waals surface area contributed by atoms with Crippen molar-refractivity contribution in [2.75, 3.05) is 11.9 Å². The second-order valence-corrected chi connectivity index (χ2v) is 7.82. The zero-order valence-electron chi connectivity index (χ0n) is 16.7. The van der Waals surface area contributed by atoms with Crippen molar-refractivity contribution in [3.05, 3.63) is 72.2 Å². The number of nitrogens with zero attached hydrogens (tertiary/aromatic N) is 2. The number of oxazole rings is 1. The quantitative estimate of drug-likeness (QED) is 0.270. The van der Waals surface area contributed by atoms with Crippen molar-refractivity contribution >= 4 is 11.4 Å². The van der Waals surface area contributed by atoms with Gasteiger partial charge in [-0.3, -0.25) is 0 Å². The summed E-state index contributed by atoms with van der Waals surface area (Å²) in [5, 5.41) is 16.2. The fraction of sp³-hybridized carbons (Fsp3) is 0.304. The number of anilines is 1. The van der Waals surface area contributed by atoms with E-state index in [-0.39, 0.29) is 18.5 Å². The summed E-state index contributed by atoms with van der Waals surface area (Å²) < 4.78 is 46.0. The highest BCUT2D eigenvalue weighted by molar-refractivity contribution is 5.89. The fourth-order valence-corrected chi connectivity index (χ4v) is 4.21. The second-order valence-electron chi connectivity index (χ2n) is 7.82. The summed E-state index contributed by atoms with van der Waals surface area (Å²) in [6.45, 7) is 0.215. The smallest absolute Gasteiger partial charge is 0.416 e. The number of halogens is 3. The maximum absolute atomic E-state index is 13.6. The van der Waals surface area contributed by atoms with Crippen LogP contribution in [-0.2, 0) is 11.6 Å². The first-order chi connectivity index (χ1) is 14.9. The largest absolute Gasteiger partial charge is 0.444 e. The Morgan fingerprint density at radius 2 is 1.97 bits per heavy atom. The third kappa shape index (κ3) is 4.42. The van der Waals surface area contributed by atoms with Crippen molar-refractivity contribution in [1.82, 2.24) is 4.98 Å². The molecule has 1 fully saturated rings. The lowest BCUT2D eigenvalue weighted by Crippen LogP contribution is -2.39. The molecule has 4 rings (SSSR count). The van der Waals surface area contributed by atoms with E-state index in [9.17, 15) is 18.4 Å². The average molecular weight is 429 g/mol. The van der Waals surface area contributed by atoms with E-state index in [0.717, 1.165) is 23.7 Å². The van der Waals surface area contributed by atoms with Crippen molar-refractivity contribution in [3.63, 3.8) is 0 Å². The van der Waals surface area contributed by atoms with Crippen molar-refractivity contribution in [1.29, 1.82) is 0 Å². The third-order valence-corrected chi connectivity index (χ3v) is 5.87. The predicted molar refractivity (Wildman–Crippen MR) is 111 cm³/mol. The summed E-state index contributed by atoms with van der Waals surface area (Å²) in [6, 6.07) is 13.2. The molecule has 0 aliphatic heterocycles. The van der Waals surface area contributed by atoms with Gasteiger partial charge >= 0.3 is 6.18 Å². The Hall–Kier alpha value is -3.29. The van der Waals surface area contributed by atoms with Gasteiger partial charge in [0.1, 0.15) is 0 Å². The molecule has 0 amide bonds. The van der Waals surface area contributed by atoms with Crippen molar-refractivity contribution in [3.8, 4) is 11.3 Å². The SMILES string of the molecule is O/N=C(/CNc1cccc(-c2cnco2)c1)CC1(c2ccccc2C(F)(F)F)CCC1. The van der Waals surface area contributed by atoms with Crippen molar-refractivity contribution in [2.45, 2.75) is 37.3 Å². The van der Waals surface area contributed by atoms with Crippen molar-refractivity contribution in [2.24, 2.45) is 5.16 Å². The molecule has 0 atom stereocenters. The molecule has 0 saturated heterocycles. The molecule has 1 aliphatic carbocycles. The second kappa shape index (κ2) is 8.45. The standard InChI is InChI=1S/C23H22F3N3O2/c24-23(25,26)20-8-2-1-7-19(20)22(9-4-10-22)12-18(29-30)13-28-17-6-3-5-16(11-17)21-14-27-15-31-21/h1-3,5-8,11,14-15,28,30H,4,9-10,12-13H2/b29-18+. The molecular weight excluding hydrogens is 407 g/mol. The van der Waals surface area contributed by atoms with Gasteiger partial charge in [0.15, 0.2) is 12.2 Å². The van der Waals surface area contributed by atoms with E-state index in [0.29, 0.717) is 24.3 Å². The first-order valence-corrected chi connectivity index (χ1v) is 10.0. The molecule has 2 N–H and O–H groups in total. The van der Waals surface area contributed by atoms with Crippen LogP contribution in [-0.4, -0.2) is 22.4 Å². The van der Waals surface area contributed by atoms with Crippen LogP contribution in [0, 0.1) is 0 Å². The van der Waals surface area contributed by atoms with Gasteiger partial charge in [-0.15, -0.1) is 0 Å². The van der Waals surface area contributed by atoms with Gasteiger partial charge in [-0.05, 0) is 36.6 Å². The van der Waals surface area contributed by atoms with E-state index >= 15 is 0 Å². The number of rotatable bonds is 7. The van der Waals surface area contributed by atoms with Gasteiger partial charge in [0.25, 0.3) is 0 Å². The molecule has 0 spiro atoms. The van der Waals surface area contributed by atoms with Crippen LogP contribution in [0.5, 0.6) is 0 Å². The van der Waals surface area contributed by atoms with Gasteiger partial charge in [-0.2, -0.15) is 13.2 Å². The molecular formula is C23H22F3N3O2. The molecule has 31 heavy (non-hydrogen) atoms. The minimum atomic E-state index is -4.42. The Kier molecular flexibility index (Phi) is 5.71. The Bertz CT molecular complexity index is 1060. The summed E-state index contributed by atoms with van der Waals surface area (Å²) in [6.07, 6.45) is 0.888. The van der Waals surface area contributed by atoms with Crippen LogP contribution in [0.3, 0.4) is 0 Å². The topological polar surface area (TPSA) is 70.7 Å². The van der Waals surface area contributed by atoms with Crippen LogP contribution in [0.15, 0.2) is 70.7 Å². The number of hydrogen-bond donors (Lipinski definition) is 2. The average Bonchev–Trinajstić information content (AvgIpc) is 3.27. The van der Waals surface area contributed by atoms with Crippen molar-refractivity contribution < 1.29 is 22.8 Å². The number of oxime groups is 1.